The lowest BCUT2D eigenvalue weighted by molar-refractivity contribution is -0.149. The van der Waals surface area contributed by atoms with Gasteiger partial charge < -0.3 is 24.2 Å². The summed E-state index contributed by atoms with van der Waals surface area (Å²) in [5.74, 6) is -0.520. The second-order valence-electron chi connectivity index (χ2n) is 9.19. The van der Waals surface area contributed by atoms with E-state index < -0.39 is 67.3 Å². The van der Waals surface area contributed by atoms with Crippen LogP contribution in [0, 0.1) is 0 Å². The Balaban J connectivity index is 1.86. The van der Waals surface area contributed by atoms with Crippen LogP contribution in [0.4, 0.5) is 0 Å². The van der Waals surface area contributed by atoms with E-state index in [2.05, 4.69) is 10.1 Å². The molecule has 1 aliphatic rings. The minimum absolute atomic E-state index is 0.174. The molecule has 1 fully saturated rings. The van der Waals surface area contributed by atoms with Crippen molar-refractivity contribution < 1.29 is 38.1 Å². The Hall–Kier alpha value is -2.80. The number of ether oxygens (including phenoxy) is 2. The van der Waals surface area contributed by atoms with Crippen molar-refractivity contribution in [3.8, 4) is 5.75 Å². The number of aromatic amines is 1. The third kappa shape index (κ3) is 6.75. The highest BCUT2D eigenvalue weighted by atomic mass is 31.2. The van der Waals surface area contributed by atoms with E-state index in [1.54, 1.807) is 32.0 Å². The topological polar surface area (TPSA) is 178 Å². The molecule has 0 aliphatic carbocycles. The van der Waals surface area contributed by atoms with E-state index in [-0.39, 0.29) is 5.75 Å². The average Bonchev–Trinajstić information content (AvgIpc) is 3.03. The molecule has 0 amide bonds. The Morgan fingerprint density at radius 1 is 1.19 bits per heavy atom. The minimum Gasteiger partial charge on any atom is -0.462 e. The molecule has 37 heavy (non-hydrogen) atoms. The van der Waals surface area contributed by atoms with E-state index in [9.17, 15) is 29.2 Å². The zero-order valence-corrected chi connectivity index (χ0v) is 22.0. The Bertz CT molecular complexity index is 1250. The van der Waals surface area contributed by atoms with E-state index in [1.807, 2.05) is 0 Å². The second kappa shape index (κ2) is 11.3. The van der Waals surface area contributed by atoms with Gasteiger partial charge in [0.1, 0.15) is 29.6 Å². The molecule has 1 aliphatic heterocycles. The van der Waals surface area contributed by atoms with Crippen LogP contribution < -0.4 is 20.9 Å². The van der Waals surface area contributed by atoms with Gasteiger partial charge in [-0.15, -0.1) is 0 Å². The molecule has 13 nitrogen and oxygen atoms in total. The SMILES string of the molecule is CC(C)OC(=O)[C@H](C)N[P@@](=O)(Oc1ccccc1)O[C@H](C)[C@H]1O[C@@H](n2ccc(=O)[nH]c2=O)[C@](C)(O)[C@@H]1O. The molecule has 2 heterocycles. The molecule has 2 aromatic rings. The number of hydrogen-bond donors (Lipinski definition) is 4. The number of carbonyl (C=O) groups is 1. The normalized spacial score (nSPS) is 26.9. The van der Waals surface area contributed by atoms with Gasteiger partial charge in [0, 0.05) is 12.3 Å². The van der Waals surface area contributed by atoms with Crippen LogP contribution in [0.1, 0.15) is 40.8 Å². The predicted octanol–water partition coefficient (Wildman–Crippen LogP) is 1.07. The van der Waals surface area contributed by atoms with Crippen LogP contribution in [0.3, 0.4) is 0 Å². The van der Waals surface area contributed by atoms with Gasteiger partial charge in [0.25, 0.3) is 5.56 Å². The largest absolute Gasteiger partial charge is 0.462 e. The Morgan fingerprint density at radius 3 is 2.43 bits per heavy atom. The molecule has 14 heteroatoms. The van der Waals surface area contributed by atoms with Crippen LogP contribution in [0.15, 0.2) is 52.2 Å². The minimum atomic E-state index is -4.32. The monoisotopic (exact) mass is 541 g/mol. The molecule has 1 aromatic heterocycles. The van der Waals surface area contributed by atoms with Gasteiger partial charge in [-0.2, -0.15) is 5.09 Å². The van der Waals surface area contributed by atoms with Gasteiger partial charge in [-0.25, -0.2) is 9.36 Å². The van der Waals surface area contributed by atoms with Crippen LogP contribution in [0.2, 0.25) is 0 Å². The number of esters is 1. The van der Waals surface area contributed by atoms with Crippen LogP contribution in [-0.2, 0) is 23.4 Å². The first-order chi connectivity index (χ1) is 17.2. The number of nitrogens with one attached hydrogen (secondary N) is 2. The number of nitrogens with zero attached hydrogens (tertiary/aromatic N) is 1. The molecule has 7 atom stereocenters. The zero-order valence-electron chi connectivity index (χ0n) is 21.1. The molecule has 0 saturated carbocycles. The fourth-order valence-corrected chi connectivity index (χ4v) is 5.46. The van der Waals surface area contributed by atoms with E-state index >= 15 is 0 Å². The maximum atomic E-state index is 13.8. The third-order valence-corrected chi connectivity index (χ3v) is 7.36. The first-order valence-electron chi connectivity index (χ1n) is 11.6. The molecular weight excluding hydrogens is 509 g/mol. The summed E-state index contributed by atoms with van der Waals surface area (Å²) in [5, 5.41) is 24.4. The third-order valence-electron chi connectivity index (χ3n) is 5.59. The standard InChI is InChI=1S/C23H32N3O10P/c1-13(2)33-20(29)14(3)25-37(32,36-16-9-7-6-8-10-16)35-15(4)18-19(28)23(5,31)21(34-18)26-12-11-17(27)24-22(26)30/h6-15,18-19,21,28,31H,1-5H3,(H,25,32)(H,24,27,30)/t14-,15+,18+,19+,21+,23+,37-/m0/s1. The van der Waals surface area contributed by atoms with Gasteiger partial charge in [-0.1, -0.05) is 18.2 Å². The molecule has 0 radical (unpaired) electrons. The number of para-hydroxylation sites is 1. The summed E-state index contributed by atoms with van der Waals surface area (Å²) in [5.41, 5.74) is -3.52. The average molecular weight is 541 g/mol. The number of H-pyrrole nitrogens is 1. The maximum Gasteiger partial charge on any atom is 0.459 e. The highest BCUT2D eigenvalue weighted by Crippen LogP contribution is 2.49. The lowest BCUT2D eigenvalue weighted by atomic mass is 9.94. The van der Waals surface area contributed by atoms with Crippen molar-refractivity contribution in [1.82, 2.24) is 14.6 Å². The number of aliphatic hydroxyl groups is 2. The van der Waals surface area contributed by atoms with Crippen molar-refractivity contribution >= 4 is 13.7 Å². The molecule has 0 unspecified atom stereocenters. The van der Waals surface area contributed by atoms with Crippen molar-refractivity contribution in [3.05, 3.63) is 63.4 Å². The van der Waals surface area contributed by atoms with Gasteiger partial charge in [0.05, 0.1) is 12.2 Å². The van der Waals surface area contributed by atoms with Gasteiger partial charge >= 0.3 is 19.4 Å². The van der Waals surface area contributed by atoms with Gasteiger partial charge in [-0.3, -0.25) is 23.7 Å². The van der Waals surface area contributed by atoms with Crippen LogP contribution in [0.25, 0.3) is 0 Å². The van der Waals surface area contributed by atoms with Gasteiger partial charge in [-0.05, 0) is 46.8 Å². The lowest BCUT2D eigenvalue weighted by Gasteiger charge is -2.29. The first kappa shape index (κ1) is 28.8. The molecule has 204 valence electrons. The second-order valence-corrected chi connectivity index (χ2v) is 10.8. The number of rotatable bonds is 10. The fourth-order valence-electron chi connectivity index (χ4n) is 3.77. The smallest absolute Gasteiger partial charge is 0.459 e. The number of aromatic nitrogens is 2. The van der Waals surface area contributed by atoms with Gasteiger partial charge in [0.15, 0.2) is 6.23 Å². The summed E-state index contributed by atoms with van der Waals surface area (Å²) in [7, 11) is -4.32. The quantitative estimate of drug-likeness (QED) is 0.250. The predicted molar refractivity (Wildman–Crippen MR) is 131 cm³/mol. The van der Waals surface area contributed by atoms with E-state index in [4.69, 9.17) is 18.5 Å². The summed E-state index contributed by atoms with van der Waals surface area (Å²) in [6.45, 7) is 7.41. The highest BCUT2D eigenvalue weighted by molar-refractivity contribution is 7.52. The molecule has 0 bridgehead atoms. The summed E-state index contributed by atoms with van der Waals surface area (Å²) >= 11 is 0. The van der Waals surface area contributed by atoms with Crippen molar-refractivity contribution in [3.63, 3.8) is 0 Å². The van der Waals surface area contributed by atoms with Crippen molar-refractivity contribution in [2.45, 2.75) is 76.9 Å². The Labute approximate surface area is 212 Å². The fraction of sp³-hybridized carbons (Fsp3) is 0.522. The van der Waals surface area contributed by atoms with Gasteiger partial charge in [0.2, 0.25) is 0 Å². The van der Waals surface area contributed by atoms with E-state index in [0.717, 1.165) is 16.8 Å². The number of carbonyl (C=O) groups excluding carboxylic acids is 1. The zero-order chi connectivity index (χ0) is 27.5. The lowest BCUT2D eigenvalue weighted by Crippen LogP contribution is -2.48. The number of aliphatic hydroxyl groups excluding tert-OH is 1. The molecule has 1 aromatic carbocycles. The van der Waals surface area contributed by atoms with Crippen LogP contribution >= 0.6 is 7.75 Å². The van der Waals surface area contributed by atoms with Crippen molar-refractivity contribution in [1.29, 1.82) is 0 Å². The number of hydrogen-bond acceptors (Lipinski definition) is 10. The summed E-state index contributed by atoms with van der Waals surface area (Å²) in [6, 6.07) is 8.04. The van der Waals surface area contributed by atoms with Crippen molar-refractivity contribution in [2.75, 3.05) is 0 Å². The molecule has 0 spiro atoms. The molecule has 4 N–H and O–H groups in total. The van der Waals surface area contributed by atoms with Crippen LogP contribution in [-0.4, -0.2) is 61.8 Å². The molecular formula is C23H32N3O10P. The van der Waals surface area contributed by atoms with E-state index in [1.165, 1.54) is 32.9 Å². The Kier molecular flexibility index (Phi) is 8.78. The highest BCUT2D eigenvalue weighted by Gasteiger charge is 2.56. The van der Waals surface area contributed by atoms with Crippen molar-refractivity contribution in [2.24, 2.45) is 0 Å². The summed E-state index contributed by atoms with van der Waals surface area (Å²) in [4.78, 5) is 38.1. The first-order valence-corrected chi connectivity index (χ1v) is 13.2. The maximum absolute atomic E-state index is 13.8. The number of benzene rings is 1. The van der Waals surface area contributed by atoms with E-state index in [0.29, 0.717) is 0 Å². The summed E-state index contributed by atoms with van der Waals surface area (Å²) in [6.07, 6.45) is -4.81. The van der Waals surface area contributed by atoms with Crippen LogP contribution in [0.5, 0.6) is 5.75 Å². The molecule has 1 saturated heterocycles. The summed E-state index contributed by atoms with van der Waals surface area (Å²) < 4.78 is 37.0. The molecule has 3 rings (SSSR count). The Morgan fingerprint density at radius 2 is 1.84 bits per heavy atom.